The Hall–Kier alpha value is -2.59. The molecule has 2 aromatic rings. The molecule has 0 aromatic carbocycles. The van der Waals surface area contributed by atoms with E-state index >= 15 is 0 Å². The number of carbonyl (C=O) groups is 1. The van der Waals surface area contributed by atoms with Gasteiger partial charge in [-0.15, -0.1) is 0 Å². The van der Waals surface area contributed by atoms with Crippen LogP contribution in [0.1, 0.15) is 44.1 Å². The molecular formula is C22H26ClN7O2S. The number of hydrogen-bond acceptors (Lipinski definition) is 8. The van der Waals surface area contributed by atoms with E-state index in [4.69, 9.17) is 21.6 Å². The molecule has 0 bridgehead atoms. The number of hydrogen-bond donors (Lipinski definition) is 2. The van der Waals surface area contributed by atoms with E-state index in [1.54, 1.807) is 12.4 Å². The Labute approximate surface area is 199 Å². The van der Waals surface area contributed by atoms with Gasteiger partial charge >= 0.3 is 0 Å². The predicted octanol–water partition coefficient (Wildman–Crippen LogP) is 2.35. The highest BCUT2D eigenvalue weighted by Crippen LogP contribution is 2.38. The van der Waals surface area contributed by atoms with E-state index in [0.717, 1.165) is 48.4 Å². The minimum atomic E-state index is -1.11. The van der Waals surface area contributed by atoms with Crippen molar-refractivity contribution >= 4 is 45.6 Å². The molecule has 5 rings (SSSR count). The van der Waals surface area contributed by atoms with Crippen molar-refractivity contribution in [2.45, 2.75) is 49.5 Å². The van der Waals surface area contributed by atoms with Crippen LogP contribution in [0.25, 0.3) is 5.57 Å². The Kier molecular flexibility index (Phi) is 6.05. The van der Waals surface area contributed by atoms with Crippen LogP contribution in [0.4, 0.5) is 11.8 Å². The van der Waals surface area contributed by atoms with E-state index in [9.17, 15) is 9.00 Å². The maximum Gasteiger partial charge on any atom is 0.227 e. The lowest BCUT2D eigenvalue weighted by Crippen LogP contribution is -2.53. The Bertz CT molecular complexity index is 1130. The maximum absolute atomic E-state index is 12.7. The summed E-state index contributed by atoms with van der Waals surface area (Å²) < 4.78 is 12.7. The number of carbonyl (C=O) groups excluding carboxylic acids is 1. The molecule has 1 unspecified atom stereocenters. The quantitative estimate of drug-likeness (QED) is 0.638. The van der Waals surface area contributed by atoms with Crippen molar-refractivity contribution in [3.63, 3.8) is 0 Å². The largest absolute Gasteiger partial charge is 0.362 e. The fourth-order valence-electron chi connectivity index (χ4n) is 4.44. The molecule has 9 nitrogen and oxygen atoms in total. The summed E-state index contributed by atoms with van der Waals surface area (Å²) in [5.41, 5.74) is 1.68. The molecule has 11 heteroatoms. The lowest BCUT2D eigenvalue weighted by molar-refractivity contribution is -0.119. The van der Waals surface area contributed by atoms with Gasteiger partial charge in [-0.1, -0.05) is 17.7 Å². The van der Waals surface area contributed by atoms with Crippen LogP contribution in [0.5, 0.6) is 0 Å². The van der Waals surface area contributed by atoms with Crippen molar-refractivity contribution in [1.82, 2.24) is 25.3 Å². The number of amides is 1. The van der Waals surface area contributed by atoms with Crippen LogP contribution in [0.2, 0.25) is 5.02 Å². The minimum absolute atomic E-state index is 0.0548. The number of aromatic nitrogens is 4. The molecule has 0 spiro atoms. The fourth-order valence-corrected chi connectivity index (χ4v) is 5.84. The summed E-state index contributed by atoms with van der Waals surface area (Å²) in [5.74, 6) is 2.49. The second-order valence-corrected chi connectivity index (χ2v) is 10.7. The summed E-state index contributed by atoms with van der Waals surface area (Å²) in [6.07, 6.45) is 9.71. The first-order valence-electron chi connectivity index (χ1n) is 11.2. The number of fused-ring (bicyclic) bond motifs is 1. The molecule has 2 aliphatic heterocycles. The van der Waals surface area contributed by atoms with Crippen molar-refractivity contribution < 1.29 is 9.00 Å². The van der Waals surface area contributed by atoms with Crippen molar-refractivity contribution in [2.24, 2.45) is 0 Å². The van der Waals surface area contributed by atoms with E-state index < -0.39 is 10.8 Å². The Morgan fingerprint density at radius 1 is 1.24 bits per heavy atom. The van der Waals surface area contributed by atoms with Gasteiger partial charge in [-0.2, -0.15) is 4.98 Å². The third-order valence-corrected chi connectivity index (χ3v) is 8.10. The topological polar surface area (TPSA) is 113 Å². The molecule has 1 saturated carbocycles. The first-order valence-corrected chi connectivity index (χ1v) is 12.9. The van der Waals surface area contributed by atoms with Gasteiger partial charge in [0, 0.05) is 51.1 Å². The minimum Gasteiger partial charge on any atom is -0.362 e. The lowest BCUT2D eigenvalue weighted by atomic mass is 9.76. The summed E-state index contributed by atoms with van der Waals surface area (Å²) in [4.78, 5) is 32.6. The SMILES string of the molecule is CC(=O)NCC1(Nc2nc(N3CC=C(c4ncc(Cl)cn4)CC3)nc3c2S(=O)CC3)CCC1. The number of anilines is 2. The Balaban J connectivity index is 1.40. The molecule has 1 aliphatic carbocycles. The molecule has 0 saturated heterocycles. The zero-order chi connectivity index (χ0) is 23.0. The van der Waals surface area contributed by atoms with E-state index in [1.807, 2.05) is 0 Å². The molecule has 4 heterocycles. The fraction of sp³-hybridized carbons (Fsp3) is 0.500. The van der Waals surface area contributed by atoms with Crippen molar-refractivity contribution in [3.8, 4) is 0 Å². The molecule has 174 valence electrons. The van der Waals surface area contributed by atoms with Gasteiger partial charge in [-0.3, -0.25) is 9.00 Å². The lowest BCUT2D eigenvalue weighted by Gasteiger charge is -2.43. The summed E-state index contributed by atoms with van der Waals surface area (Å²) >= 11 is 5.90. The van der Waals surface area contributed by atoms with E-state index in [1.165, 1.54) is 6.92 Å². The molecule has 2 aromatic heterocycles. The van der Waals surface area contributed by atoms with Crippen LogP contribution in [0.15, 0.2) is 23.4 Å². The van der Waals surface area contributed by atoms with Crippen LogP contribution in [-0.4, -0.2) is 61.0 Å². The van der Waals surface area contributed by atoms with Gasteiger partial charge in [0.2, 0.25) is 11.9 Å². The maximum atomic E-state index is 12.7. The number of halogens is 1. The van der Waals surface area contributed by atoms with Crippen LogP contribution < -0.4 is 15.5 Å². The predicted molar refractivity (Wildman–Crippen MR) is 128 cm³/mol. The van der Waals surface area contributed by atoms with Crippen LogP contribution in [0, 0.1) is 0 Å². The van der Waals surface area contributed by atoms with E-state index in [2.05, 4.69) is 31.6 Å². The molecule has 33 heavy (non-hydrogen) atoms. The monoisotopic (exact) mass is 487 g/mol. The number of rotatable bonds is 6. The number of nitrogens with one attached hydrogen (secondary N) is 2. The van der Waals surface area contributed by atoms with Gasteiger partial charge in [0.1, 0.15) is 10.7 Å². The van der Waals surface area contributed by atoms with Gasteiger partial charge in [0.15, 0.2) is 5.82 Å². The highest BCUT2D eigenvalue weighted by molar-refractivity contribution is 7.85. The number of aryl methyl sites for hydroxylation is 1. The van der Waals surface area contributed by atoms with Crippen molar-refractivity contribution in [3.05, 3.63) is 35.0 Å². The third kappa shape index (κ3) is 4.59. The van der Waals surface area contributed by atoms with E-state index in [0.29, 0.717) is 47.9 Å². The molecule has 2 N–H and O–H groups in total. The third-order valence-electron chi connectivity index (χ3n) is 6.45. The summed E-state index contributed by atoms with van der Waals surface area (Å²) in [6.45, 7) is 3.42. The van der Waals surface area contributed by atoms with Crippen LogP contribution in [0.3, 0.4) is 0 Å². The molecule has 0 radical (unpaired) electrons. The highest BCUT2D eigenvalue weighted by Gasteiger charge is 2.39. The standard InChI is InChI=1S/C22H26ClN7O2S/c1-14(31)26-13-22(6-2-7-22)29-20-18-17(5-10-33(18)32)27-21(28-20)30-8-3-15(4-9-30)19-24-11-16(23)12-25-19/h3,11-12H,2,4-10,13H2,1H3,(H,26,31)(H,27,28,29). The number of nitrogens with zero attached hydrogens (tertiary/aromatic N) is 5. The molecule has 1 fully saturated rings. The summed E-state index contributed by atoms with van der Waals surface area (Å²) in [5, 5.41) is 7.01. The molecular weight excluding hydrogens is 462 g/mol. The molecule has 1 amide bonds. The first kappa shape index (κ1) is 22.2. The first-order chi connectivity index (χ1) is 15.9. The molecule has 3 aliphatic rings. The zero-order valence-corrected chi connectivity index (χ0v) is 20.0. The highest BCUT2D eigenvalue weighted by atomic mass is 35.5. The second-order valence-electron chi connectivity index (χ2n) is 8.77. The van der Waals surface area contributed by atoms with Gasteiger partial charge in [0.05, 0.1) is 27.1 Å². The Morgan fingerprint density at radius 2 is 2.03 bits per heavy atom. The second kappa shape index (κ2) is 8.98. The van der Waals surface area contributed by atoms with Gasteiger partial charge in [-0.25, -0.2) is 15.0 Å². The van der Waals surface area contributed by atoms with Crippen molar-refractivity contribution in [1.29, 1.82) is 0 Å². The average Bonchev–Trinajstić information content (AvgIpc) is 3.17. The van der Waals surface area contributed by atoms with Crippen LogP contribution >= 0.6 is 11.6 Å². The summed E-state index contributed by atoms with van der Waals surface area (Å²) in [6, 6.07) is 0. The van der Waals surface area contributed by atoms with Gasteiger partial charge in [0.25, 0.3) is 0 Å². The van der Waals surface area contributed by atoms with E-state index in [-0.39, 0.29) is 11.4 Å². The smallest absolute Gasteiger partial charge is 0.227 e. The zero-order valence-electron chi connectivity index (χ0n) is 18.4. The average molecular weight is 488 g/mol. The Morgan fingerprint density at radius 3 is 2.67 bits per heavy atom. The van der Waals surface area contributed by atoms with Gasteiger partial charge in [-0.05, 0) is 31.3 Å². The van der Waals surface area contributed by atoms with Crippen molar-refractivity contribution in [2.75, 3.05) is 35.6 Å². The van der Waals surface area contributed by atoms with Crippen LogP contribution in [-0.2, 0) is 22.0 Å². The molecule has 1 atom stereocenters. The normalized spacial score (nSPS) is 21.1. The van der Waals surface area contributed by atoms with Gasteiger partial charge < -0.3 is 15.5 Å². The summed E-state index contributed by atoms with van der Waals surface area (Å²) in [7, 11) is -1.11.